The van der Waals surface area contributed by atoms with Gasteiger partial charge in [0.15, 0.2) is 0 Å². The first-order valence-corrected chi connectivity index (χ1v) is 5.21. The Morgan fingerprint density at radius 1 is 1.47 bits per heavy atom. The van der Waals surface area contributed by atoms with E-state index in [0.29, 0.717) is 0 Å². The molecule has 0 unspecified atom stereocenters. The normalized spacial score (nSPS) is 11.5. The Morgan fingerprint density at radius 2 is 2.13 bits per heavy atom. The minimum absolute atomic E-state index is 0.0928. The molecule has 0 aliphatic carbocycles. The van der Waals surface area contributed by atoms with Gasteiger partial charge in [-0.25, -0.2) is 0 Å². The van der Waals surface area contributed by atoms with E-state index in [2.05, 4.69) is 26.0 Å². The predicted molar refractivity (Wildman–Crippen MR) is 61.5 cm³/mol. The number of hydrogen-bond acceptors (Lipinski definition) is 3. The molecular formula is C10H14BrNO3. The van der Waals surface area contributed by atoms with Crippen LogP contribution in [0.3, 0.4) is 0 Å². The molecule has 0 radical (unpaired) electrons. The molecule has 0 aliphatic heterocycles. The molecule has 1 amide bonds. The van der Waals surface area contributed by atoms with Crippen molar-refractivity contribution in [1.29, 1.82) is 0 Å². The highest BCUT2D eigenvalue weighted by Crippen LogP contribution is 2.07. The smallest absolute Gasteiger partial charge is 0.325 e. The van der Waals surface area contributed by atoms with Gasteiger partial charge in [-0.05, 0) is 6.92 Å². The highest BCUT2D eigenvalue weighted by molar-refractivity contribution is 9.11. The molecule has 15 heavy (non-hydrogen) atoms. The van der Waals surface area contributed by atoms with E-state index in [4.69, 9.17) is 0 Å². The Bertz CT molecular complexity index is 284. The van der Waals surface area contributed by atoms with E-state index < -0.39 is 5.97 Å². The Hall–Kier alpha value is -1.10. The van der Waals surface area contributed by atoms with Crippen LogP contribution >= 0.6 is 15.9 Å². The standard InChI is InChI=1S/C10H14BrNO3/c1-3-4-8(11)5-6-9(13)12-7-10(14)15-2/h3-5H,6-7H2,1-2H3,(H,12,13)/b4-3-,8-5+. The maximum absolute atomic E-state index is 11.2. The van der Waals surface area contributed by atoms with Gasteiger partial charge in [0.2, 0.25) is 5.91 Å². The predicted octanol–water partition coefficient (Wildman–Crippen LogP) is 1.52. The monoisotopic (exact) mass is 275 g/mol. The van der Waals surface area contributed by atoms with Crippen LogP contribution in [0, 0.1) is 0 Å². The van der Waals surface area contributed by atoms with E-state index >= 15 is 0 Å². The first kappa shape index (κ1) is 13.9. The second-order valence-corrected chi connectivity index (χ2v) is 3.56. The number of halogens is 1. The minimum atomic E-state index is -0.458. The summed E-state index contributed by atoms with van der Waals surface area (Å²) in [5.41, 5.74) is 0. The fraction of sp³-hybridized carbons (Fsp3) is 0.400. The topological polar surface area (TPSA) is 55.4 Å². The maximum Gasteiger partial charge on any atom is 0.325 e. The molecule has 4 nitrogen and oxygen atoms in total. The average molecular weight is 276 g/mol. The summed E-state index contributed by atoms with van der Waals surface area (Å²) in [7, 11) is 1.27. The zero-order chi connectivity index (χ0) is 11.7. The number of rotatable bonds is 5. The van der Waals surface area contributed by atoms with Gasteiger partial charge in [0.05, 0.1) is 7.11 Å². The van der Waals surface area contributed by atoms with Gasteiger partial charge >= 0.3 is 5.97 Å². The second-order valence-electron chi connectivity index (χ2n) is 2.65. The lowest BCUT2D eigenvalue weighted by Crippen LogP contribution is -2.29. The molecule has 5 heteroatoms. The summed E-state index contributed by atoms with van der Waals surface area (Å²) < 4.78 is 5.21. The van der Waals surface area contributed by atoms with Crippen LogP contribution in [0.1, 0.15) is 13.3 Å². The molecule has 0 bridgehead atoms. The van der Waals surface area contributed by atoms with E-state index in [-0.39, 0.29) is 18.9 Å². The zero-order valence-electron chi connectivity index (χ0n) is 8.75. The van der Waals surface area contributed by atoms with Crippen molar-refractivity contribution in [2.45, 2.75) is 13.3 Å². The molecular weight excluding hydrogens is 262 g/mol. The van der Waals surface area contributed by atoms with Crippen LogP contribution in [0.4, 0.5) is 0 Å². The first-order valence-electron chi connectivity index (χ1n) is 4.42. The number of amides is 1. The Labute approximate surface area is 97.5 Å². The Balaban J connectivity index is 3.85. The van der Waals surface area contributed by atoms with Gasteiger partial charge in [0.1, 0.15) is 6.54 Å². The van der Waals surface area contributed by atoms with Gasteiger partial charge in [0, 0.05) is 10.9 Å². The fourth-order valence-corrected chi connectivity index (χ4v) is 1.16. The number of hydrogen-bond donors (Lipinski definition) is 1. The van der Waals surface area contributed by atoms with E-state index in [1.165, 1.54) is 7.11 Å². The van der Waals surface area contributed by atoms with Crippen LogP contribution in [-0.2, 0) is 14.3 Å². The molecule has 0 rings (SSSR count). The van der Waals surface area contributed by atoms with Gasteiger partial charge < -0.3 is 10.1 Å². The molecule has 0 aliphatic rings. The number of allylic oxidation sites excluding steroid dienone is 3. The van der Waals surface area contributed by atoms with Crippen LogP contribution in [0.15, 0.2) is 22.7 Å². The number of esters is 1. The van der Waals surface area contributed by atoms with Crippen molar-refractivity contribution in [2.24, 2.45) is 0 Å². The molecule has 84 valence electrons. The van der Waals surface area contributed by atoms with Crippen molar-refractivity contribution in [1.82, 2.24) is 5.32 Å². The van der Waals surface area contributed by atoms with E-state index in [1.54, 1.807) is 6.08 Å². The van der Waals surface area contributed by atoms with Crippen molar-refractivity contribution in [3.63, 3.8) is 0 Å². The van der Waals surface area contributed by atoms with Crippen LogP contribution in [-0.4, -0.2) is 25.5 Å². The van der Waals surface area contributed by atoms with E-state index in [9.17, 15) is 9.59 Å². The fourth-order valence-electron chi connectivity index (χ4n) is 0.733. The summed E-state index contributed by atoms with van der Waals surface area (Å²) in [6, 6.07) is 0. The summed E-state index contributed by atoms with van der Waals surface area (Å²) in [4.78, 5) is 21.8. The largest absolute Gasteiger partial charge is 0.468 e. The quantitative estimate of drug-likeness (QED) is 0.612. The van der Waals surface area contributed by atoms with Crippen LogP contribution in [0.25, 0.3) is 0 Å². The number of ether oxygens (including phenoxy) is 1. The third-order valence-electron chi connectivity index (χ3n) is 1.47. The molecule has 0 heterocycles. The average Bonchev–Trinajstić information content (AvgIpc) is 2.23. The van der Waals surface area contributed by atoms with E-state index in [0.717, 1.165) is 4.48 Å². The summed E-state index contributed by atoms with van der Waals surface area (Å²) in [5.74, 6) is -0.679. The summed E-state index contributed by atoms with van der Waals surface area (Å²) in [6.45, 7) is 1.79. The molecule has 0 saturated carbocycles. The highest BCUT2D eigenvalue weighted by atomic mass is 79.9. The maximum atomic E-state index is 11.2. The molecule has 0 saturated heterocycles. The summed E-state index contributed by atoms with van der Waals surface area (Å²) in [5, 5.41) is 2.43. The van der Waals surface area contributed by atoms with Gasteiger partial charge in [0.25, 0.3) is 0 Å². The highest BCUT2D eigenvalue weighted by Gasteiger charge is 2.03. The van der Waals surface area contributed by atoms with Crippen molar-refractivity contribution in [2.75, 3.05) is 13.7 Å². The molecule has 0 spiro atoms. The van der Waals surface area contributed by atoms with Crippen molar-refractivity contribution < 1.29 is 14.3 Å². The third kappa shape index (κ3) is 7.93. The Morgan fingerprint density at radius 3 is 2.67 bits per heavy atom. The molecule has 0 fully saturated rings. The Kier molecular flexibility index (Phi) is 7.62. The van der Waals surface area contributed by atoms with E-state index in [1.807, 2.05) is 19.1 Å². The van der Waals surface area contributed by atoms with Crippen molar-refractivity contribution in [3.05, 3.63) is 22.7 Å². The number of methoxy groups -OCH3 is 1. The molecule has 1 N–H and O–H groups in total. The second kappa shape index (κ2) is 8.23. The number of carbonyl (C=O) groups is 2. The minimum Gasteiger partial charge on any atom is -0.468 e. The molecule has 0 aromatic carbocycles. The van der Waals surface area contributed by atoms with Gasteiger partial charge in [-0.15, -0.1) is 0 Å². The zero-order valence-corrected chi connectivity index (χ0v) is 10.3. The number of nitrogens with one attached hydrogen (secondary N) is 1. The molecule has 0 atom stereocenters. The number of carbonyl (C=O) groups excluding carboxylic acids is 2. The summed E-state index contributed by atoms with van der Waals surface area (Å²) >= 11 is 3.26. The van der Waals surface area contributed by atoms with Gasteiger partial charge in [-0.1, -0.05) is 34.2 Å². The first-order chi connectivity index (χ1) is 7.10. The SMILES string of the molecule is C/C=C\C(Br)=C/CC(=O)NCC(=O)OC. The van der Waals surface area contributed by atoms with Gasteiger partial charge in [-0.3, -0.25) is 9.59 Å². The van der Waals surface area contributed by atoms with Crippen molar-refractivity contribution in [3.8, 4) is 0 Å². The van der Waals surface area contributed by atoms with Gasteiger partial charge in [-0.2, -0.15) is 0 Å². The summed E-state index contributed by atoms with van der Waals surface area (Å²) in [6.07, 6.45) is 5.62. The molecule has 0 aromatic heterocycles. The lowest BCUT2D eigenvalue weighted by atomic mass is 10.3. The van der Waals surface area contributed by atoms with Crippen LogP contribution in [0.2, 0.25) is 0 Å². The molecule has 0 aromatic rings. The lowest BCUT2D eigenvalue weighted by Gasteiger charge is -2.01. The van der Waals surface area contributed by atoms with Crippen molar-refractivity contribution >= 4 is 27.8 Å². The third-order valence-corrected chi connectivity index (χ3v) is 2.05. The lowest BCUT2D eigenvalue weighted by molar-refractivity contribution is -0.141. The van der Waals surface area contributed by atoms with Crippen LogP contribution < -0.4 is 5.32 Å². The van der Waals surface area contributed by atoms with Crippen LogP contribution in [0.5, 0.6) is 0 Å².